The first kappa shape index (κ1) is 11.5. The molecule has 1 nitrogen and oxygen atoms in total. The van der Waals surface area contributed by atoms with Gasteiger partial charge in [0, 0.05) is 23.2 Å². The number of hydrogen-bond acceptors (Lipinski definition) is 1. The van der Waals surface area contributed by atoms with Crippen LogP contribution in [0.4, 0.5) is 0 Å². The van der Waals surface area contributed by atoms with Gasteiger partial charge in [-0.25, -0.2) is 0 Å². The van der Waals surface area contributed by atoms with Crippen LogP contribution in [-0.4, -0.2) is 0 Å². The summed E-state index contributed by atoms with van der Waals surface area (Å²) in [6.07, 6.45) is 20.6. The lowest BCUT2D eigenvalue weighted by Crippen LogP contribution is -2.25. The molecule has 2 unspecified atom stereocenters. The molecule has 2 aliphatic rings. The van der Waals surface area contributed by atoms with Gasteiger partial charge in [-0.2, -0.15) is 0 Å². The predicted molar refractivity (Wildman–Crippen MR) is 74.1 cm³/mol. The third-order valence-electron chi connectivity index (χ3n) is 2.95. The van der Waals surface area contributed by atoms with E-state index in [0.29, 0.717) is 11.8 Å². The lowest BCUT2D eigenvalue weighted by Gasteiger charge is -2.28. The summed E-state index contributed by atoms with van der Waals surface area (Å²) in [4.78, 5) is 0. The van der Waals surface area contributed by atoms with E-state index in [1.54, 1.807) is 12.2 Å². The number of allylic oxidation sites excluding steroid dienone is 10. The van der Waals surface area contributed by atoms with Crippen molar-refractivity contribution in [3.05, 3.63) is 85.3 Å². The fourth-order valence-electron chi connectivity index (χ4n) is 2.10. The molecule has 2 atom stereocenters. The molecule has 0 fully saturated rings. The number of fused-ring (bicyclic) bond motifs is 1. The van der Waals surface area contributed by atoms with Crippen LogP contribution in [0.3, 0.4) is 0 Å². The molecule has 86 valence electrons. The normalized spacial score (nSPS) is 26.1. The molecular weight excluding hydrogens is 206 g/mol. The molecule has 0 saturated heterocycles. The van der Waals surface area contributed by atoms with Gasteiger partial charge in [0.25, 0.3) is 0 Å². The zero-order valence-electron chi connectivity index (χ0n) is 9.84. The fourth-order valence-corrected chi connectivity index (χ4v) is 2.10. The van der Waals surface area contributed by atoms with Gasteiger partial charge in [0.05, 0.1) is 0 Å². The van der Waals surface area contributed by atoms with E-state index < -0.39 is 0 Å². The zero-order valence-corrected chi connectivity index (χ0v) is 9.84. The first-order chi connectivity index (χ1) is 8.35. The average Bonchev–Trinajstić information content (AvgIpc) is 2.38. The molecule has 0 aliphatic heterocycles. The second kappa shape index (κ2) is 5.35. The molecule has 0 aromatic carbocycles. The van der Waals surface area contributed by atoms with Crippen molar-refractivity contribution in [3.8, 4) is 0 Å². The van der Waals surface area contributed by atoms with Crippen molar-refractivity contribution in [3.63, 3.8) is 0 Å². The zero-order chi connectivity index (χ0) is 12.1. The van der Waals surface area contributed by atoms with E-state index in [1.165, 1.54) is 5.70 Å². The van der Waals surface area contributed by atoms with Crippen LogP contribution in [0.5, 0.6) is 0 Å². The molecule has 0 radical (unpaired) electrons. The molecule has 0 bridgehead atoms. The Labute approximate surface area is 103 Å². The van der Waals surface area contributed by atoms with Gasteiger partial charge >= 0.3 is 0 Å². The van der Waals surface area contributed by atoms with Crippen LogP contribution in [-0.2, 0) is 0 Å². The van der Waals surface area contributed by atoms with Crippen molar-refractivity contribution < 1.29 is 0 Å². The first-order valence-corrected chi connectivity index (χ1v) is 5.80. The van der Waals surface area contributed by atoms with Crippen LogP contribution in [0, 0.1) is 11.8 Å². The van der Waals surface area contributed by atoms with Crippen molar-refractivity contribution >= 4 is 0 Å². The molecule has 0 aromatic rings. The van der Waals surface area contributed by atoms with E-state index in [4.69, 9.17) is 0 Å². The maximum absolute atomic E-state index is 3.79. The first-order valence-electron chi connectivity index (χ1n) is 5.80. The highest BCUT2D eigenvalue weighted by Crippen LogP contribution is 2.30. The third kappa shape index (κ3) is 2.56. The molecule has 2 aliphatic carbocycles. The van der Waals surface area contributed by atoms with Crippen LogP contribution >= 0.6 is 0 Å². The minimum absolute atomic E-state index is 0.401. The Hall–Kier alpha value is -2.02. The van der Waals surface area contributed by atoms with Crippen LogP contribution in [0.1, 0.15) is 0 Å². The number of nitrogens with one attached hydrogen (secondary N) is 1. The van der Waals surface area contributed by atoms with Crippen LogP contribution in [0.2, 0.25) is 0 Å². The minimum atomic E-state index is 0.401. The summed E-state index contributed by atoms with van der Waals surface area (Å²) in [7, 11) is 0. The molecule has 1 heteroatoms. The SMILES string of the molecule is C=C/C=C(\C=C)NC1=CC=CC2C=CC=CC12. The Morgan fingerprint density at radius 1 is 1.12 bits per heavy atom. The van der Waals surface area contributed by atoms with Crippen molar-refractivity contribution in [1.29, 1.82) is 0 Å². The molecular formula is C16H17N. The molecule has 0 aromatic heterocycles. The van der Waals surface area contributed by atoms with Crippen LogP contribution in [0.25, 0.3) is 0 Å². The van der Waals surface area contributed by atoms with Gasteiger partial charge in [-0.05, 0) is 18.2 Å². The van der Waals surface area contributed by atoms with E-state index >= 15 is 0 Å². The van der Waals surface area contributed by atoms with E-state index in [1.807, 2.05) is 6.08 Å². The fraction of sp³-hybridized carbons (Fsp3) is 0.125. The topological polar surface area (TPSA) is 12.0 Å². The maximum atomic E-state index is 3.79. The van der Waals surface area contributed by atoms with Gasteiger partial charge in [0.1, 0.15) is 0 Å². The van der Waals surface area contributed by atoms with E-state index in [0.717, 1.165) is 5.70 Å². The molecule has 0 saturated carbocycles. The van der Waals surface area contributed by atoms with Gasteiger partial charge < -0.3 is 5.32 Å². The Kier molecular flexibility index (Phi) is 3.61. The summed E-state index contributed by atoms with van der Waals surface area (Å²) in [5.74, 6) is 0.862. The predicted octanol–water partition coefficient (Wildman–Crippen LogP) is 3.64. The Morgan fingerprint density at radius 3 is 2.65 bits per heavy atom. The molecule has 1 N–H and O–H groups in total. The molecule has 0 heterocycles. The van der Waals surface area contributed by atoms with Crippen molar-refractivity contribution in [2.45, 2.75) is 0 Å². The summed E-state index contributed by atoms with van der Waals surface area (Å²) in [5, 5.41) is 3.40. The highest BCUT2D eigenvalue weighted by molar-refractivity contribution is 5.36. The van der Waals surface area contributed by atoms with Gasteiger partial charge in [0.15, 0.2) is 0 Å². The average molecular weight is 223 g/mol. The second-order valence-corrected chi connectivity index (χ2v) is 4.07. The second-order valence-electron chi connectivity index (χ2n) is 4.07. The minimum Gasteiger partial charge on any atom is -0.358 e. The van der Waals surface area contributed by atoms with E-state index in [-0.39, 0.29) is 0 Å². The Balaban J connectivity index is 2.18. The number of hydrogen-bond donors (Lipinski definition) is 1. The van der Waals surface area contributed by atoms with Crippen molar-refractivity contribution in [1.82, 2.24) is 5.32 Å². The van der Waals surface area contributed by atoms with Crippen LogP contribution in [0.15, 0.2) is 85.3 Å². The highest BCUT2D eigenvalue weighted by atomic mass is 14.9. The summed E-state index contributed by atoms with van der Waals surface area (Å²) < 4.78 is 0. The van der Waals surface area contributed by atoms with Crippen molar-refractivity contribution in [2.75, 3.05) is 0 Å². The van der Waals surface area contributed by atoms with Gasteiger partial charge in [0.2, 0.25) is 0 Å². The summed E-state index contributed by atoms with van der Waals surface area (Å²) >= 11 is 0. The summed E-state index contributed by atoms with van der Waals surface area (Å²) in [6, 6.07) is 0. The van der Waals surface area contributed by atoms with E-state index in [2.05, 4.69) is 61.0 Å². The standard InChI is InChI=1S/C16H17N/c1-3-8-14(4-2)17-16-12-7-10-13-9-5-6-11-15(13)16/h3-13,15,17H,1-2H2/b14-8+. The monoisotopic (exact) mass is 223 g/mol. The van der Waals surface area contributed by atoms with Crippen LogP contribution < -0.4 is 5.32 Å². The molecule has 17 heavy (non-hydrogen) atoms. The smallest absolute Gasteiger partial charge is 0.0375 e. The quantitative estimate of drug-likeness (QED) is 0.717. The number of rotatable bonds is 4. The molecule has 2 rings (SSSR count). The van der Waals surface area contributed by atoms with Crippen molar-refractivity contribution in [2.24, 2.45) is 11.8 Å². The Morgan fingerprint density at radius 2 is 1.88 bits per heavy atom. The molecule has 0 amide bonds. The van der Waals surface area contributed by atoms with Gasteiger partial charge in [-0.1, -0.05) is 55.7 Å². The molecule has 0 spiro atoms. The Bertz CT molecular complexity index is 458. The summed E-state index contributed by atoms with van der Waals surface area (Å²) in [6.45, 7) is 7.49. The third-order valence-corrected chi connectivity index (χ3v) is 2.95. The lowest BCUT2D eigenvalue weighted by atomic mass is 9.82. The van der Waals surface area contributed by atoms with Gasteiger partial charge in [-0.15, -0.1) is 0 Å². The largest absolute Gasteiger partial charge is 0.358 e. The lowest BCUT2D eigenvalue weighted by molar-refractivity contribution is 0.591. The highest BCUT2D eigenvalue weighted by Gasteiger charge is 2.22. The maximum Gasteiger partial charge on any atom is 0.0375 e. The van der Waals surface area contributed by atoms with E-state index in [9.17, 15) is 0 Å². The summed E-state index contributed by atoms with van der Waals surface area (Å²) in [5.41, 5.74) is 2.18. The van der Waals surface area contributed by atoms with Gasteiger partial charge in [-0.3, -0.25) is 0 Å².